The molecule has 1 aliphatic rings. The van der Waals surface area contributed by atoms with Crippen molar-refractivity contribution in [1.82, 2.24) is 4.98 Å². The van der Waals surface area contributed by atoms with Crippen molar-refractivity contribution in [2.75, 3.05) is 10.7 Å². The van der Waals surface area contributed by atoms with E-state index in [0.717, 1.165) is 18.8 Å². The van der Waals surface area contributed by atoms with Crippen LogP contribution in [0, 0.1) is 5.92 Å². The molecule has 0 spiro atoms. The molecular formula is C13H20Cl2N4. The second kappa shape index (κ2) is 6.64. The standard InChI is InChI=1S/C13H20Cl2N4/c1-8-3-2-4-9(6-5-8)17-12-10(14)7-11(15)13(18-12)19-16/h7-9H,2-6,16H2,1H3,(H2,17,18,19). The highest BCUT2D eigenvalue weighted by Gasteiger charge is 2.18. The number of anilines is 2. The molecule has 1 fully saturated rings. The summed E-state index contributed by atoms with van der Waals surface area (Å²) in [5, 5.41) is 4.37. The van der Waals surface area contributed by atoms with E-state index in [0.29, 0.717) is 27.7 Å². The van der Waals surface area contributed by atoms with E-state index in [2.05, 4.69) is 22.7 Å². The van der Waals surface area contributed by atoms with Crippen molar-refractivity contribution < 1.29 is 0 Å². The summed E-state index contributed by atoms with van der Waals surface area (Å²) in [6.07, 6.45) is 6.08. The summed E-state index contributed by atoms with van der Waals surface area (Å²) in [5.74, 6) is 7.28. The lowest BCUT2D eigenvalue weighted by Crippen LogP contribution is -2.20. The molecule has 4 N–H and O–H groups in total. The summed E-state index contributed by atoms with van der Waals surface area (Å²) in [6.45, 7) is 2.31. The quantitative estimate of drug-likeness (QED) is 0.448. The minimum Gasteiger partial charge on any atom is -0.366 e. The van der Waals surface area contributed by atoms with Crippen LogP contribution in [0.2, 0.25) is 10.0 Å². The van der Waals surface area contributed by atoms with Gasteiger partial charge in [-0.25, -0.2) is 10.8 Å². The van der Waals surface area contributed by atoms with E-state index in [1.165, 1.54) is 19.3 Å². The Balaban J connectivity index is 2.09. The number of nitrogens with two attached hydrogens (primary N) is 1. The number of hydrogen-bond acceptors (Lipinski definition) is 4. The topological polar surface area (TPSA) is 63.0 Å². The predicted octanol–water partition coefficient (Wildman–Crippen LogP) is 4.05. The van der Waals surface area contributed by atoms with Crippen LogP contribution in [0.1, 0.15) is 39.0 Å². The second-order valence-corrected chi connectivity index (χ2v) is 6.06. The molecule has 1 saturated carbocycles. The van der Waals surface area contributed by atoms with E-state index < -0.39 is 0 Å². The van der Waals surface area contributed by atoms with Crippen molar-refractivity contribution in [2.24, 2.45) is 11.8 Å². The Morgan fingerprint density at radius 2 is 1.89 bits per heavy atom. The van der Waals surface area contributed by atoms with Gasteiger partial charge >= 0.3 is 0 Å². The maximum Gasteiger partial charge on any atom is 0.161 e. The number of pyridine rings is 1. The lowest BCUT2D eigenvalue weighted by atomic mass is 10.0. The molecule has 1 aliphatic carbocycles. The molecule has 0 bridgehead atoms. The number of nitrogens with zero attached hydrogens (tertiary/aromatic N) is 1. The van der Waals surface area contributed by atoms with Crippen molar-refractivity contribution in [1.29, 1.82) is 0 Å². The average molecular weight is 303 g/mol. The van der Waals surface area contributed by atoms with Crippen molar-refractivity contribution in [3.63, 3.8) is 0 Å². The lowest BCUT2D eigenvalue weighted by molar-refractivity contribution is 0.502. The highest BCUT2D eigenvalue weighted by molar-refractivity contribution is 6.37. The van der Waals surface area contributed by atoms with Gasteiger partial charge in [0.1, 0.15) is 5.82 Å². The molecule has 2 unspecified atom stereocenters. The van der Waals surface area contributed by atoms with Crippen LogP contribution in [0.25, 0.3) is 0 Å². The van der Waals surface area contributed by atoms with E-state index in [-0.39, 0.29) is 0 Å². The van der Waals surface area contributed by atoms with Gasteiger partial charge < -0.3 is 10.7 Å². The molecule has 0 aromatic carbocycles. The van der Waals surface area contributed by atoms with E-state index in [1.54, 1.807) is 6.07 Å². The highest BCUT2D eigenvalue weighted by atomic mass is 35.5. The molecule has 1 heterocycles. The SMILES string of the molecule is CC1CCCC(Nc2nc(NN)c(Cl)cc2Cl)CC1. The maximum atomic E-state index is 6.17. The summed E-state index contributed by atoms with van der Waals surface area (Å²) in [7, 11) is 0. The lowest BCUT2D eigenvalue weighted by Gasteiger charge is -2.18. The van der Waals surface area contributed by atoms with Gasteiger partial charge in [-0.1, -0.05) is 43.0 Å². The minimum atomic E-state index is 0.418. The van der Waals surface area contributed by atoms with E-state index in [4.69, 9.17) is 29.0 Å². The van der Waals surface area contributed by atoms with E-state index in [9.17, 15) is 0 Å². The highest BCUT2D eigenvalue weighted by Crippen LogP contribution is 2.31. The summed E-state index contributed by atoms with van der Waals surface area (Å²) in [4.78, 5) is 4.32. The van der Waals surface area contributed by atoms with Crippen LogP contribution in [0.3, 0.4) is 0 Å². The Morgan fingerprint density at radius 3 is 2.63 bits per heavy atom. The number of hydrazine groups is 1. The molecule has 0 aliphatic heterocycles. The third-order valence-corrected chi connectivity index (χ3v) is 4.24. The van der Waals surface area contributed by atoms with Gasteiger partial charge in [0, 0.05) is 6.04 Å². The van der Waals surface area contributed by atoms with Crippen molar-refractivity contribution in [3.05, 3.63) is 16.1 Å². The zero-order valence-electron chi connectivity index (χ0n) is 11.0. The molecule has 1 aromatic heterocycles. The van der Waals surface area contributed by atoms with Crippen molar-refractivity contribution in [3.8, 4) is 0 Å². The fourth-order valence-corrected chi connectivity index (χ4v) is 2.96. The molecule has 19 heavy (non-hydrogen) atoms. The summed E-state index contributed by atoms with van der Waals surface area (Å²) in [6, 6.07) is 2.08. The molecule has 0 amide bonds. The molecule has 106 valence electrons. The molecule has 1 aromatic rings. The van der Waals surface area contributed by atoms with Gasteiger partial charge in [-0.05, 0) is 31.2 Å². The van der Waals surface area contributed by atoms with Gasteiger partial charge in [-0.2, -0.15) is 0 Å². The molecule has 2 atom stereocenters. The smallest absolute Gasteiger partial charge is 0.161 e. The van der Waals surface area contributed by atoms with Crippen LogP contribution in [0.4, 0.5) is 11.6 Å². The first-order valence-corrected chi connectivity index (χ1v) is 7.45. The Labute approximate surface area is 124 Å². The monoisotopic (exact) mass is 302 g/mol. The Morgan fingerprint density at radius 1 is 1.16 bits per heavy atom. The van der Waals surface area contributed by atoms with Gasteiger partial charge in [-0.15, -0.1) is 0 Å². The first-order chi connectivity index (χ1) is 9.10. The van der Waals surface area contributed by atoms with Crippen LogP contribution in [0.5, 0.6) is 0 Å². The number of nitrogens with one attached hydrogen (secondary N) is 2. The van der Waals surface area contributed by atoms with Crippen LogP contribution >= 0.6 is 23.2 Å². The van der Waals surface area contributed by atoms with Gasteiger partial charge in [0.15, 0.2) is 5.82 Å². The zero-order chi connectivity index (χ0) is 13.8. The fourth-order valence-electron chi connectivity index (χ4n) is 2.49. The fraction of sp³-hybridized carbons (Fsp3) is 0.615. The molecule has 4 nitrogen and oxygen atoms in total. The third-order valence-electron chi connectivity index (χ3n) is 3.66. The van der Waals surface area contributed by atoms with Gasteiger partial charge in [-0.3, -0.25) is 0 Å². The first-order valence-electron chi connectivity index (χ1n) is 6.69. The summed E-state index contributed by atoms with van der Waals surface area (Å²) >= 11 is 12.1. The first kappa shape index (κ1) is 14.7. The molecule has 0 saturated heterocycles. The molecular weight excluding hydrogens is 283 g/mol. The minimum absolute atomic E-state index is 0.418. The third kappa shape index (κ3) is 3.88. The predicted molar refractivity (Wildman–Crippen MR) is 81.7 cm³/mol. The molecule has 0 radical (unpaired) electrons. The normalized spacial score (nSPS) is 23.8. The van der Waals surface area contributed by atoms with Crippen molar-refractivity contribution >= 4 is 34.8 Å². The molecule has 2 rings (SSSR count). The van der Waals surface area contributed by atoms with Gasteiger partial charge in [0.2, 0.25) is 0 Å². The van der Waals surface area contributed by atoms with E-state index >= 15 is 0 Å². The number of rotatable bonds is 3. The van der Waals surface area contributed by atoms with Crippen LogP contribution in [-0.2, 0) is 0 Å². The van der Waals surface area contributed by atoms with Crippen LogP contribution in [-0.4, -0.2) is 11.0 Å². The number of nitrogen functional groups attached to an aromatic ring is 1. The number of hydrogen-bond donors (Lipinski definition) is 3. The van der Waals surface area contributed by atoms with Crippen molar-refractivity contribution in [2.45, 2.75) is 45.1 Å². The summed E-state index contributed by atoms with van der Waals surface area (Å²) < 4.78 is 0. The largest absolute Gasteiger partial charge is 0.366 e. The maximum absolute atomic E-state index is 6.17. The Hall–Kier alpha value is -0.710. The van der Waals surface area contributed by atoms with Gasteiger partial charge in [0.25, 0.3) is 0 Å². The second-order valence-electron chi connectivity index (χ2n) is 5.25. The summed E-state index contributed by atoms with van der Waals surface area (Å²) in [5.41, 5.74) is 2.48. The number of aromatic nitrogens is 1. The Kier molecular flexibility index (Phi) is 5.13. The molecule has 6 heteroatoms. The van der Waals surface area contributed by atoms with Crippen LogP contribution < -0.4 is 16.6 Å². The van der Waals surface area contributed by atoms with Gasteiger partial charge in [0.05, 0.1) is 10.0 Å². The van der Waals surface area contributed by atoms with Crippen LogP contribution in [0.15, 0.2) is 6.07 Å². The number of halogens is 2. The average Bonchev–Trinajstić information content (AvgIpc) is 2.58. The van der Waals surface area contributed by atoms with E-state index in [1.807, 2.05) is 0 Å². The zero-order valence-corrected chi connectivity index (χ0v) is 12.6. The Bertz CT molecular complexity index is 439.